The molecule has 0 radical (unpaired) electrons. The lowest BCUT2D eigenvalue weighted by atomic mass is 10.3. The van der Waals surface area contributed by atoms with Gasteiger partial charge in [0.1, 0.15) is 5.75 Å². The lowest BCUT2D eigenvalue weighted by Gasteiger charge is -2.18. The van der Waals surface area contributed by atoms with Crippen molar-refractivity contribution in [1.29, 1.82) is 0 Å². The highest BCUT2D eigenvalue weighted by Crippen LogP contribution is 2.31. The second kappa shape index (κ2) is 5.85. The third-order valence-electron chi connectivity index (χ3n) is 2.61. The van der Waals surface area contributed by atoms with Crippen molar-refractivity contribution in [2.75, 3.05) is 20.2 Å². The number of rotatable bonds is 5. The summed E-state index contributed by atoms with van der Waals surface area (Å²) in [6, 6.07) is 4.31. The molecule has 1 aromatic rings. The van der Waals surface area contributed by atoms with Gasteiger partial charge in [-0.2, -0.15) is 4.31 Å². The van der Waals surface area contributed by atoms with Gasteiger partial charge >= 0.3 is 0 Å². The Bertz CT molecular complexity index is 557. The Morgan fingerprint density at radius 2 is 1.94 bits per heavy atom. The molecule has 0 aromatic heterocycles. The molecule has 0 heterocycles. The van der Waals surface area contributed by atoms with Crippen molar-refractivity contribution in [1.82, 2.24) is 4.31 Å². The zero-order valence-electron chi connectivity index (χ0n) is 10.7. The van der Waals surface area contributed by atoms with E-state index in [2.05, 4.69) is 4.85 Å². The summed E-state index contributed by atoms with van der Waals surface area (Å²) in [5.41, 5.74) is 0.200. The Kier molecular flexibility index (Phi) is 4.70. The van der Waals surface area contributed by atoms with E-state index in [4.69, 9.17) is 11.3 Å². The van der Waals surface area contributed by atoms with Gasteiger partial charge in [0.25, 0.3) is 0 Å². The molecular weight excluding hydrogens is 252 g/mol. The van der Waals surface area contributed by atoms with Gasteiger partial charge in [0.15, 0.2) is 0 Å². The molecule has 98 valence electrons. The molecular formula is C12H16N2O3S. The highest BCUT2D eigenvalue weighted by Gasteiger charge is 2.22. The Hall–Kier alpha value is -1.58. The maximum atomic E-state index is 12.2. The molecule has 0 aliphatic carbocycles. The molecule has 6 heteroatoms. The second-order valence-electron chi connectivity index (χ2n) is 3.53. The van der Waals surface area contributed by atoms with E-state index < -0.39 is 10.0 Å². The second-order valence-corrected chi connectivity index (χ2v) is 5.47. The molecule has 0 atom stereocenters. The predicted octanol–water partition coefficient (Wildman–Crippen LogP) is 2.28. The molecule has 0 fully saturated rings. The van der Waals surface area contributed by atoms with Crippen molar-refractivity contribution in [3.05, 3.63) is 29.6 Å². The summed E-state index contributed by atoms with van der Waals surface area (Å²) >= 11 is 0. The van der Waals surface area contributed by atoms with Crippen LogP contribution in [0.1, 0.15) is 13.8 Å². The highest BCUT2D eigenvalue weighted by molar-refractivity contribution is 7.89. The van der Waals surface area contributed by atoms with Gasteiger partial charge in [-0.15, -0.1) is 0 Å². The van der Waals surface area contributed by atoms with Crippen LogP contribution in [0.5, 0.6) is 5.75 Å². The first-order chi connectivity index (χ1) is 8.51. The number of benzene rings is 1. The van der Waals surface area contributed by atoms with E-state index in [-0.39, 0.29) is 10.6 Å². The van der Waals surface area contributed by atoms with E-state index >= 15 is 0 Å². The third-order valence-corrected chi connectivity index (χ3v) is 4.66. The molecule has 1 rings (SSSR count). The third kappa shape index (κ3) is 2.63. The number of ether oxygens (including phenoxy) is 1. The molecule has 0 saturated heterocycles. The van der Waals surface area contributed by atoms with Gasteiger partial charge in [0.05, 0.1) is 18.6 Å². The maximum Gasteiger partial charge on any atom is 0.241 e. The molecule has 1 aromatic carbocycles. The van der Waals surface area contributed by atoms with E-state index in [1.165, 1.54) is 29.6 Å². The monoisotopic (exact) mass is 268 g/mol. The van der Waals surface area contributed by atoms with Crippen LogP contribution in [0.3, 0.4) is 0 Å². The molecule has 0 bridgehead atoms. The van der Waals surface area contributed by atoms with Crippen molar-refractivity contribution in [2.24, 2.45) is 0 Å². The SMILES string of the molecule is [C-]#[N+]c1cc(S(=O)(=O)N(CC)CC)ccc1OC. The van der Waals surface area contributed by atoms with Crippen LogP contribution in [0.25, 0.3) is 4.85 Å². The minimum absolute atomic E-state index is 0.123. The van der Waals surface area contributed by atoms with Gasteiger partial charge in [0.2, 0.25) is 15.7 Å². The van der Waals surface area contributed by atoms with Gasteiger partial charge < -0.3 is 4.74 Å². The van der Waals surface area contributed by atoms with Gasteiger partial charge in [-0.25, -0.2) is 13.3 Å². The average molecular weight is 268 g/mol. The zero-order valence-corrected chi connectivity index (χ0v) is 11.5. The van der Waals surface area contributed by atoms with Crippen LogP contribution in [0.2, 0.25) is 0 Å². The average Bonchev–Trinajstić information content (AvgIpc) is 2.38. The Morgan fingerprint density at radius 1 is 1.33 bits per heavy atom. The van der Waals surface area contributed by atoms with Gasteiger partial charge in [0, 0.05) is 13.1 Å². The van der Waals surface area contributed by atoms with Crippen molar-refractivity contribution >= 4 is 15.7 Å². The molecule has 0 aliphatic heterocycles. The fourth-order valence-electron chi connectivity index (χ4n) is 1.63. The lowest BCUT2D eigenvalue weighted by Crippen LogP contribution is -2.30. The molecule has 0 N–H and O–H groups in total. The van der Waals surface area contributed by atoms with Gasteiger partial charge in [-0.05, 0) is 18.2 Å². The minimum Gasteiger partial charge on any atom is -0.508 e. The summed E-state index contributed by atoms with van der Waals surface area (Å²) in [6.07, 6.45) is 0. The first-order valence-electron chi connectivity index (χ1n) is 5.56. The van der Waals surface area contributed by atoms with Gasteiger partial charge in [-0.1, -0.05) is 13.8 Å². The molecule has 5 nitrogen and oxygen atoms in total. The van der Waals surface area contributed by atoms with Crippen molar-refractivity contribution in [3.8, 4) is 5.75 Å². The minimum atomic E-state index is -3.52. The van der Waals surface area contributed by atoms with E-state index in [0.29, 0.717) is 18.8 Å². The van der Waals surface area contributed by atoms with E-state index in [9.17, 15) is 8.42 Å². The van der Waals surface area contributed by atoms with Gasteiger partial charge in [-0.3, -0.25) is 0 Å². The fraction of sp³-hybridized carbons (Fsp3) is 0.417. The Morgan fingerprint density at radius 3 is 2.39 bits per heavy atom. The fourth-order valence-corrected chi connectivity index (χ4v) is 3.11. The number of hydrogen-bond donors (Lipinski definition) is 0. The summed E-state index contributed by atoms with van der Waals surface area (Å²) in [5, 5.41) is 0. The lowest BCUT2D eigenvalue weighted by molar-refractivity contribution is 0.416. The Balaban J connectivity index is 3.31. The smallest absolute Gasteiger partial charge is 0.241 e. The van der Waals surface area contributed by atoms with Crippen LogP contribution in [-0.2, 0) is 10.0 Å². The maximum absolute atomic E-state index is 12.2. The van der Waals surface area contributed by atoms with Crippen LogP contribution in [0.15, 0.2) is 23.1 Å². The van der Waals surface area contributed by atoms with E-state index in [1.54, 1.807) is 13.8 Å². The largest absolute Gasteiger partial charge is 0.508 e. The number of methoxy groups -OCH3 is 1. The summed E-state index contributed by atoms with van der Waals surface area (Å²) in [4.78, 5) is 3.39. The summed E-state index contributed by atoms with van der Waals surface area (Å²) < 4.78 is 30.8. The summed E-state index contributed by atoms with van der Waals surface area (Å²) in [6.45, 7) is 11.4. The number of nitrogens with zero attached hydrogens (tertiary/aromatic N) is 2. The van der Waals surface area contributed by atoms with Crippen LogP contribution in [0, 0.1) is 6.57 Å². The van der Waals surface area contributed by atoms with E-state index in [0.717, 1.165) is 0 Å². The number of hydrogen-bond acceptors (Lipinski definition) is 3. The Labute approximate surface area is 108 Å². The first-order valence-corrected chi connectivity index (χ1v) is 7.00. The molecule has 0 spiro atoms. The highest BCUT2D eigenvalue weighted by atomic mass is 32.2. The first kappa shape index (κ1) is 14.5. The van der Waals surface area contributed by atoms with Crippen LogP contribution in [0.4, 0.5) is 5.69 Å². The molecule has 0 saturated carbocycles. The number of sulfonamides is 1. The van der Waals surface area contributed by atoms with Crippen LogP contribution >= 0.6 is 0 Å². The van der Waals surface area contributed by atoms with E-state index in [1.807, 2.05) is 0 Å². The summed E-state index contributed by atoms with van der Waals surface area (Å²) in [5.74, 6) is 0.378. The predicted molar refractivity (Wildman–Crippen MR) is 69.4 cm³/mol. The zero-order chi connectivity index (χ0) is 13.8. The van der Waals surface area contributed by atoms with Crippen molar-refractivity contribution in [3.63, 3.8) is 0 Å². The molecule has 0 aliphatic rings. The quantitative estimate of drug-likeness (QED) is 0.770. The normalized spacial score (nSPS) is 11.3. The molecule has 0 amide bonds. The molecule has 0 unspecified atom stereocenters. The van der Waals surface area contributed by atoms with Crippen molar-refractivity contribution in [2.45, 2.75) is 18.7 Å². The van der Waals surface area contributed by atoms with Crippen LogP contribution in [-0.4, -0.2) is 32.9 Å². The van der Waals surface area contributed by atoms with Crippen LogP contribution < -0.4 is 4.74 Å². The standard InChI is InChI=1S/C12H16N2O3S/c1-5-14(6-2)18(15,16)10-7-8-12(17-4)11(9-10)13-3/h7-9H,5-6H2,1-2,4H3. The van der Waals surface area contributed by atoms with Crippen molar-refractivity contribution < 1.29 is 13.2 Å². The topological polar surface area (TPSA) is 51.0 Å². The molecule has 18 heavy (non-hydrogen) atoms. The summed E-state index contributed by atoms with van der Waals surface area (Å²) in [7, 11) is -2.08.